The summed E-state index contributed by atoms with van der Waals surface area (Å²) in [4.78, 5) is 4.72. The molecule has 0 fully saturated rings. The molecule has 0 bridgehead atoms. The molecule has 0 aromatic carbocycles. The molecule has 3 nitrogen and oxygen atoms in total. The Morgan fingerprint density at radius 3 is 1.74 bits per heavy atom. The maximum Gasteiger partial charge on any atom is 0.200 e. The molecular weight excluding hydrogens is 380 g/mol. The number of rotatable bonds is 21. The number of nitrogens with zero attached hydrogens (tertiary/aromatic N) is 2. The molecule has 0 aromatic heterocycles. The minimum absolute atomic E-state index is 0.317. The highest BCUT2D eigenvalue weighted by Gasteiger charge is 2.40. The monoisotopic (exact) mass is 435 g/mol. The molecule has 0 aromatic rings. The summed E-state index contributed by atoms with van der Waals surface area (Å²) >= 11 is 0. The number of amidine groups is 1. The second-order valence-corrected chi connectivity index (χ2v) is 9.75. The summed E-state index contributed by atoms with van der Waals surface area (Å²) in [6.07, 6.45) is 28.9. The van der Waals surface area contributed by atoms with Crippen LogP contribution in [0, 0.1) is 0 Å². The number of aliphatic hydroxyl groups excluding tert-OH is 1. The summed E-state index contributed by atoms with van der Waals surface area (Å²) in [5.74, 6) is 1.25. The minimum atomic E-state index is -0.317. The van der Waals surface area contributed by atoms with Crippen molar-refractivity contribution in [3.8, 4) is 0 Å². The molecule has 0 amide bonds. The average Bonchev–Trinajstić information content (AvgIpc) is 3.19. The highest BCUT2D eigenvalue weighted by atomic mass is 16.3. The molecule has 1 rings (SSSR count). The van der Waals surface area contributed by atoms with Crippen molar-refractivity contribution in [2.45, 2.75) is 143 Å². The Labute approximate surface area is 195 Å². The average molecular weight is 436 g/mol. The van der Waals surface area contributed by atoms with Gasteiger partial charge in [-0.1, -0.05) is 96.1 Å². The highest BCUT2D eigenvalue weighted by Crippen LogP contribution is 2.23. The fraction of sp³-hybridized carbons (Fsp3) is 0.893. The van der Waals surface area contributed by atoms with Crippen LogP contribution in [0.5, 0.6) is 0 Å². The fourth-order valence-corrected chi connectivity index (χ4v) is 5.00. The quantitative estimate of drug-likeness (QED) is 0.110. The zero-order chi connectivity index (χ0) is 22.6. The number of hydrogen-bond acceptors (Lipinski definition) is 2. The molecule has 31 heavy (non-hydrogen) atoms. The summed E-state index contributed by atoms with van der Waals surface area (Å²) in [6.45, 7) is 9.23. The van der Waals surface area contributed by atoms with E-state index in [2.05, 4.69) is 26.0 Å². The summed E-state index contributed by atoms with van der Waals surface area (Å²) in [6, 6.07) is 0. The predicted molar refractivity (Wildman–Crippen MR) is 138 cm³/mol. The van der Waals surface area contributed by atoms with Crippen molar-refractivity contribution in [2.75, 3.05) is 19.6 Å². The summed E-state index contributed by atoms with van der Waals surface area (Å²) in [5.41, 5.74) is 0. The van der Waals surface area contributed by atoms with Crippen LogP contribution < -0.4 is 0 Å². The van der Waals surface area contributed by atoms with Gasteiger partial charge in [-0.3, -0.25) is 4.48 Å². The smallest absolute Gasteiger partial charge is 0.200 e. The van der Waals surface area contributed by atoms with E-state index in [0.717, 1.165) is 30.5 Å². The minimum Gasteiger partial charge on any atom is -0.345 e. The maximum atomic E-state index is 10.2. The molecule has 0 radical (unpaired) electrons. The second-order valence-electron chi connectivity index (χ2n) is 9.75. The number of hydrogen-bond donors (Lipinski definition) is 1. The van der Waals surface area contributed by atoms with Crippen molar-refractivity contribution in [1.82, 2.24) is 0 Å². The Balaban J connectivity index is 1.85. The summed E-state index contributed by atoms with van der Waals surface area (Å²) < 4.78 is 0.718. The lowest BCUT2D eigenvalue weighted by Crippen LogP contribution is -2.56. The van der Waals surface area contributed by atoms with E-state index in [4.69, 9.17) is 4.99 Å². The van der Waals surface area contributed by atoms with E-state index in [0.29, 0.717) is 0 Å². The molecule has 2 atom stereocenters. The topological polar surface area (TPSA) is 32.6 Å². The molecule has 3 heteroatoms. The van der Waals surface area contributed by atoms with Gasteiger partial charge in [-0.2, -0.15) is 0 Å². The van der Waals surface area contributed by atoms with Crippen LogP contribution in [-0.4, -0.2) is 41.3 Å². The molecule has 182 valence electrons. The molecule has 1 heterocycles. The second kappa shape index (κ2) is 18.9. The van der Waals surface area contributed by atoms with Gasteiger partial charge < -0.3 is 5.11 Å². The van der Waals surface area contributed by atoms with Gasteiger partial charge in [0.15, 0.2) is 6.23 Å². The van der Waals surface area contributed by atoms with Crippen molar-refractivity contribution in [1.29, 1.82) is 0 Å². The van der Waals surface area contributed by atoms with Gasteiger partial charge in [0.05, 0.1) is 13.1 Å². The van der Waals surface area contributed by atoms with Gasteiger partial charge in [-0.15, -0.1) is 0 Å². The Kier molecular flexibility index (Phi) is 17.3. The van der Waals surface area contributed by atoms with Crippen LogP contribution in [0.15, 0.2) is 17.1 Å². The molecule has 2 unspecified atom stereocenters. The Morgan fingerprint density at radius 1 is 0.774 bits per heavy atom. The fourth-order valence-electron chi connectivity index (χ4n) is 5.00. The Bertz CT molecular complexity index is 472. The van der Waals surface area contributed by atoms with E-state index in [1.807, 2.05) is 6.92 Å². The van der Waals surface area contributed by atoms with Crippen molar-refractivity contribution >= 4 is 5.84 Å². The first-order valence-corrected chi connectivity index (χ1v) is 13.9. The third kappa shape index (κ3) is 12.2. The molecule has 0 spiro atoms. The van der Waals surface area contributed by atoms with E-state index < -0.39 is 0 Å². The van der Waals surface area contributed by atoms with Gasteiger partial charge in [-0.25, -0.2) is 4.99 Å². The third-order valence-corrected chi connectivity index (χ3v) is 7.25. The van der Waals surface area contributed by atoms with Crippen LogP contribution in [0.1, 0.15) is 136 Å². The van der Waals surface area contributed by atoms with Crippen LogP contribution in [0.4, 0.5) is 0 Å². The van der Waals surface area contributed by atoms with Crippen molar-refractivity contribution in [3.63, 3.8) is 0 Å². The first-order chi connectivity index (χ1) is 15.2. The van der Waals surface area contributed by atoms with E-state index in [1.165, 1.54) is 115 Å². The van der Waals surface area contributed by atoms with Crippen molar-refractivity contribution in [3.05, 3.63) is 12.2 Å². The van der Waals surface area contributed by atoms with Gasteiger partial charge in [0.25, 0.3) is 0 Å². The van der Waals surface area contributed by atoms with Crippen LogP contribution in [-0.2, 0) is 0 Å². The Hall–Kier alpha value is -0.670. The number of allylic oxidation sites excluding steroid dienone is 2. The standard InChI is InChI=1S/C28H55N2O/c1-4-6-7-8-9-10-11-12-13-14-15-16-17-18-19-20-21-22-23-24-28-29-25-26-30(28,5-2)27(3)31/h10-11,27,31H,4-9,12-26H2,1-3H3/q+1/b11-10+. The predicted octanol–water partition coefficient (Wildman–Crippen LogP) is 8.17. The van der Waals surface area contributed by atoms with Gasteiger partial charge >= 0.3 is 0 Å². The van der Waals surface area contributed by atoms with Crippen LogP contribution in [0.2, 0.25) is 0 Å². The lowest BCUT2D eigenvalue weighted by Gasteiger charge is -2.36. The molecule has 1 aliphatic rings. The molecule has 1 aliphatic heterocycles. The van der Waals surface area contributed by atoms with Gasteiger partial charge in [0.2, 0.25) is 5.84 Å². The first-order valence-electron chi connectivity index (χ1n) is 13.9. The normalized spacial score (nSPS) is 19.9. The third-order valence-electron chi connectivity index (χ3n) is 7.25. The lowest BCUT2D eigenvalue weighted by molar-refractivity contribution is -0.882. The number of aliphatic imine (C=N–C) groups is 1. The molecule has 0 saturated carbocycles. The SMILES string of the molecule is CCCCCC/C=C/CCCCCCCCCCCCCC1=NCC[N+]1(CC)C(C)O. The van der Waals surface area contributed by atoms with Crippen LogP contribution in [0.25, 0.3) is 0 Å². The number of likely N-dealkylation sites (N-methyl/N-ethyl adjacent to an activating group) is 1. The van der Waals surface area contributed by atoms with E-state index in [9.17, 15) is 5.11 Å². The first kappa shape index (κ1) is 28.4. The summed E-state index contributed by atoms with van der Waals surface area (Å²) in [7, 11) is 0. The van der Waals surface area contributed by atoms with Crippen LogP contribution in [0.3, 0.4) is 0 Å². The summed E-state index contributed by atoms with van der Waals surface area (Å²) in [5, 5.41) is 10.2. The van der Waals surface area contributed by atoms with Crippen LogP contribution >= 0.6 is 0 Å². The van der Waals surface area contributed by atoms with Gasteiger partial charge in [0.1, 0.15) is 6.54 Å². The lowest BCUT2D eigenvalue weighted by atomic mass is 10.0. The number of quaternary nitrogens is 1. The van der Waals surface area contributed by atoms with E-state index >= 15 is 0 Å². The highest BCUT2D eigenvalue weighted by molar-refractivity contribution is 5.76. The van der Waals surface area contributed by atoms with Crippen molar-refractivity contribution < 1.29 is 9.59 Å². The van der Waals surface area contributed by atoms with Gasteiger partial charge in [0, 0.05) is 13.3 Å². The number of aliphatic hydroxyl groups is 1. The maximum absolute atomic E-state index is 10.2. The van der Waals surface area contributed by atoms with Crippen molar-refractivity contribution in [2.24, 2.45) is 4.99 Å². The zero-order valence-corrected chi connectivity index (χ0v) is 21.4. The molecule has 0 aliphatic carbocycles. The number of unbranched alkanes of at least 4 members (excludes halogenated alkanes) is 15. The zero-order valence-electron chi connectivity index (χ0n) is 21.4. The molecular formula is C28H55N2O+. The van der Waals surface area contributed by atoms with Gasteiger partial charge in [-0.05, 0) is 39.0 Å². The van der Waals surface area contributed by atoms with E-state index in [-0.39, 0.29) is 6.23 Å². The van der Waals surface area contributed by atoms with E-state index in [1.54, 1.807) is 0 Å². The largest absolute Gasteiger partial charge is 0.345 e. The Morgan fingerprint density at radius 2 is 1.26 bits per heavy atom. The molecule has 1 N–H and O–H groups in total. The molecule has 0 saturated heterocycles.